The Morgan fingerprint density at radius 1 is 1.25 bits per heavy atom. The van der Waals surface area contributed by atoms with E-state index in [1.54, 1.807) is 22.9 Å². The molecule has 0 unspecified atom stereocenters. The summed E-state index contributed by atoms with van der Waals surface area (Å²) < 4.78 is 21.0. The smallest absolute Gasteiger partial charge is 0.164 e. The molecule has 1 aromatic carbocycles. The van der Waals surface area contributed by atoms with Crippen molar-refractivity contribution in [3.8, 4) is 0 Å². The molecule has 3 N–H and O–H groups in total. The number of ether oxygens (including phenoxy) is 1. The van der Waals surface area contributed by atoms with E-state index >= 15 is 0 Å². The van der Waals surface area contributed by atoms with E-state index in [0.29, 0.717) is 16.7 Å². The van der Waals surface area contributed by atoms with E-state index in [1.165, 1.54) is 18.5 Å². The number of aromatic nitrogens is 3. The number of benzene rings is 1. The van der Waals surface area contributed by atoms with Crippen molar-refractivity contribution in [3.63, 3.8) is 0 Å². The molecular weight excluding hydrogens is 389 g/mol. The lowest BCUT2D eigenvalue weighted by atomic mass is 9.99. The van der Waals surface area contributed by atoms with Gasteiger partial charge in [0.25, 0.3) is 0 Å². The zero-order valence-corrected chi connectivity index (χ0v) is 15.2. The van der Waals surface area contributed by atoms with Crippen molar-refractivity contribution >= 4 is 28.7 Å². The summed E-state index contributed by atoms with van der Waals surface area (Å²) in [6.07, 6.45) is -1.72. The van der Waals surface area contributed by atoms with Crippen molar-refractivity contribution in [1.29, 1.82) is 0 Å². The lowest BCUT2D eigenvalue weighted by molar-refractivity contribution is -0.0848. The molecule has 0 aliphatic carbocycles. The Kier molecular flexibility index (Phi) is 4.90. The van der Waals surface area contributed by atoms with Gasteiger partial charge in [-0.1, -0.05) is 24.2 Å². The van der Waals surface area contributed by atoms with Crippen molar-refractivity contribution in [2.24, 2.45) is 0 Å². The summed E-state index contributed by atoms with van der Waals surface area (Å²) in [5, 5.41) is 32.1. The lowest BCUT2D eigenvalue weighted by Crippen LogP contribution is -2.34. The van der Waals surface area contributed by atoms with Crippen molar-refractivity contribution < 1.29 is 24.4 Å². The van der Waals surface area contributed by atoms with E-state index in [1.807, 2.05) is 0 Å². The van der Waals surface area contributed by atoms with Crippen LogP contribution < -0.4 is 0 Å². The molecule has 7 nitrogen and oxygen atoms in total. The van der Waals surface area contributed by atoms with Crippen molar-refractivity contribution in [3.05, 3.63) is 65.5 Å². The van der Waals surface area contributed by atoms with Crippen LogP contribution in [-0.2, 0) is 4.74 Å². The van der Waals surface area contributed by atoms with Crippen LogP contribution in [0.1, 0.15) is 23.6 Å². The minimum atomic E-state index is -1.41. The summed E-state index contributed by atoms with van der Waals surface area (Å²) in [7, 11) is 0. The number of nitrogens with zero attached hydrogens (tertiary/aromatic N) is 3. The van der Waals surface area contributed by atoms with Gasteiger partial charge in [-0.05, 0) is 29.8 Å². The zero-order valence-electron chi connectivity index (χ0n) is 14.5. The molecule has 0 radical (unpaired) electrons. The van der Waals surface area contributed by atoms with Crippen molar-refractivity contribution in [2.75, 3.05) is 0 Å². The highest BCUT2D eigenvalue weighted by Crippen LogP contribution is 2.38. The van der Waals surface area contributed by atoms with Crippen LogP contribution >= 0.6 is 11.6 Å². The first kappa shape index (κ1) is 19.0. The molecule has 0 amide bonds. The summed E-state index contributed by atoms with van der Waals surface area (Å²) in [6.45, 7) is 3.70. The van der Waals surface area contributed by atoms with Gasteiger partial charge in [0.05, 0.1) is 10.7 Å². The molecule has 0 spiro atoms. The topological polar surface area (TPSA) is 101 Å². The van der Waals surface area contributed by atoms with Crippen LogP contribution in [0.15, 0.2) is 43.4 Å². The second-order valence-electron chi connectivity index (χ2n) is 6.51. The Hall–Kier alpha value is -2.36. The van der Waals surface area contributed by atoms with Crippen LogP contribution in [0.5, 0.6) is 0 Å². The molecule has 3 aromatic rings. The highest BCUT2D eigenvalue weighted by Gasteiger charge is 2.47. The molecular formula is C19H17ClFN3O4. The molecule has 28 heavy (non-hydrogen) atoms. The molecule has 0 bridgehead atoms. The maximum atomic E-state index is 13.7. The number of fused-ring (bicyclic) bond motifs is 1. The lowest BCUT2D eigenvalue weighted by Gasteiger charge is -2.21. The zero-order chi connectivity index (χ0) is 20.0. The molecule has 3 heterocycles. The van der Waals surface area contributed by atoms with Crippen LogP contribution in [0.25, 0.3) is 17.1 Å². The monoisotopic (exact) mass is 405 g/mol. The Labute approximate surface area is 164 Å². The Morgan fingerprint density at radius 2 is 2.04 bits per heavy atom. The fourth-order valence-corrected chi connectivity index (χ4v) is 3.54. The summed E-state index contributed by atoms with van der Waals surface area (Å²) >= 11 is 5.67. The van der Waals surface area contributed by atoms with Gasteiger partial charge >= 0.3 is 0 Å². The van der Waals surface area contributed by atoms with E-state index in [0.717, 1.165) is 6.07 Å². The number of hydrogen-bond acceptors (Lipinski definition) is 6. The molecule has 2 aromatic heterocycles. The van der Waals surface area contributed by atoms with Gasteiger partial charge in [-0.25, -0.2) is 14.4 Å². The fraction of sp³-hybridized carbons (Fsp3) is 0.263. The summed E-state index contributed by atoms with van der Waals surface area (Å²) in [6, 6.07) is 5.54. The van der Waals surface area contributed by atoms with Crippen molar-refractivity contribution in [1.82, 2.24) is 14.5 Å². The third kappa shape index (κ3) is 2.99. The second-order valence-corrected chi connectivity index (χ2v) is 6.92. The Bertz CT molecular complexity index is 1040. The average molecular weight is 406 g/mol. The molecule has 0 saturated carbocycles. The molecule has 5 atom stereocenters. The second kappa shape index (κ2) is 7.23. The van der Waals surface area contributed by atoms with E-state index in [-0.39, 0.29) is 10.6 Å². The number of halogens is 2. The standard InChI is InChI=1S/C19H17ClFN3O4/c1-2-13-10-5-6-24(18(10)23-8-22-13)19-16(27)15(26)17(28-19)14(25)9-3-4-11(20)12(21)7-9/h2-8,14-17,19,25-27H,1H2/t14-,15+,16-,17-,19-/m1/s1. The molecule has 1 aliphatic rings. The highest BCUT2D eigenvalue weighted by atomic mass is 35.5. The maximum absolute atomic E-state index is 13.7. The van der Waals surface area contributed by atoms with Crippen molar-refractivity contribution in [2.45, 2.75) is 30.6 Å². The van der Waals surface area contributed by atoms with E-state index in [4.69, 9.17) is 16.3 Å². The largest absolute Gasteiger partial charge is 0.387 e. The first-order valence-electron chi connectivity index (χ1n) is 8.51. The maximum Gasteiger partial charge on any atom is 0.164 e. The first-order valence-corrected chi connectivity index (χ1v) is 8.88. The number of aliphatic hydroxyl groups is 3. The number of rotatable bonds is 4. The molecule has 1 aliphatic heterocycles. The highest BCUT2D eigenvalue weighted by molar-refractivity contribution is 6.30. The number of hydrogen-bond donors (Lipinski definition) is 3. The quantitative estimate of drug-likeness (QED) is 0.615. The van der Waals surface area contributed by atoms with E-state index in [2.05, 4.69) is 16.5 Å². The first-order chi connectivity index (χ1) is 13.4. The summed E-state index contributed by atoms with van der Waals surface area (Å²) in [5.74, 6) is -0.701. The Morgan fingerprint density at radius 3 is 2.75 bits per heavy atom. The SMILES string of the molecule is C=Cc1ncnc2c1ccn2[C@@H]1O[C@H]([C@H](O)c2ccc(Cl)c(F)c2)[C@@H](O)[C@H]1O. The van der Waals surface area contributed by atoms with Crippen LogP contribution in [0.3, 0.4) is 0 Å². The fourth-order valence-electron chi connectivity index (χ4n) is 3.42. The van der Waals surface area contributed by atoms with Crippen LogP contribution in [-0.4, -0.2) is 48.2 Å². The van der Waals surface area contributed by atoms with Crippen LogP contribution in [0.2, 0.25) is 5.02 Å². The van der Waals surface area contributed by atoms with E-state index < -0.39 is 36.5 Å². The van der Waals surface area contributed by atoms with Gasteiger partial charge in [0.1, 0.15) is 42.2 Å². The van der Waals surface area contributed by atoms with Gasteiger partial charge in [-0.2, -0.15) is 0 Å². The van der Waals surface area contributed by atoms with Gasteiger partial charge < -0.3 is 24.6 Å². The number of aliphatic hydroxyl groups excluding tert-OH is 3. The molecule has 1 fully saturated rings. The molecule has 9 heteroatoms. The molecule has 1 saturated heterocycles. The van der Waals surface area contributed by atoms with Gasteiger partial charge in [-0.15, -0.1) is 0 Å². The predicted octanol–water partition coefficient (Wildman–Crippen LogP) is 2.22. The summed E-state index contributed by atoms with van der Waals surface area (Å²) in [4.78, 5) is 8.32. The minimum absolute atomic E-state index is 0.0849. The van der Waals surface area contributed by atoms with Gasteiger partial charge in [0.2, 0.25) is 0 Å². The van der Waals surface area contributed by atoms with Gasteiger partial charge in [0, 0.05) is 11.6 Å². The van der Waals surface area contributed by atoms with E-state index in [9.17, 15) is 19.7 Å². The normalized spacial score (nSPS) is 25.9. The summed E-state index contributed by atoms with van der Waals surface area (Å²) in [5.41, 5.74) is 1.27. The van der Waals surface area contributed by atoms with Crippen LogP contribution in [0, 0.1) is 5.82 Å². The van der Waals surface area contributed by atoms with Crippen LogP contribution in [0.4, 0.5) is 4.39 Å². The van der Waals surface area contributed by atoms with Gasteiger partial charge in [0.15, 0.2) is 6.23 Å². The molecule has 146 valence electrons. The third-order valence-corrected chi connectivity index (χ3v) is 5.19. The molecule has 4 rings (SSSR count). The minimum Gasteiger partial charge on any atom is -0.387 e. The average Bonchev–Trinajstić information content (AvgIpc) is 3.25. The Balaban J connectivity index is 1.66. The van der Waals surface area contributed by atoms with Gasteiger partial charge in [-0.3, -0.25) is 0 Å². The predicted molar refractivity (Wildman–Crippen MR) is 99.9 cm³/mol. The third-order valence-electron chi connectivity index (χ3n) is 4.88.